The molecule has 2 aromatic rings. The first-order chi connectivity index (χ1) is 11.9. The second kappa shape index (κ2) is 8.10. The molecular weight excluding hydrogens is 322 g/mol. The molecule has 0 spiro atoms. The van der Waals surface area contributed by atoms with Gasteiger partial charge >= 0.3 is 5.97 Å². The molecule has 6 nitrogen and oxygen atoms in total. The Balaban J connectivity index is 1.89. The van der Waals surface area contributed by atoms with E-state index in [4.69, 9.17) is 15.2 Å². The SMILES string of the molecule is Cc1ccc(C(=O)COC(=O)COc2ccccc2C(N)=O)c(C)c1. The Hall–Kier alpha value is -3.15. The molecule has 130 valence electrons. The summed E-state index contributed by atoms with van der Waals surface area (Å²) in [5, 5.41) is 0. The van der Waals surface area contributed by atoms with Crippen LogP contribution in [0.15, 0.2) is 42.5 Å². The van der Waals surface area contributed by atoms with Crippen molar-refractivity contribution in [2.24, 2.45) is 5.73 Å². The van der Waals surface area contributed by atoms with E-state index in [2.05, 4.69) is 0 Å². The number of hydrogen-bond donors (Lipinski definition) is 1. The van der Waals surface area contributed by atoms with Gasteiger partial charge in [0.2, 0.25) is 5.78 Å². The van der Waals surface area contributed by atoms with Gasteiger partial charge < -0.3 is 15.2 Å². The third-order valence-corrected chi connectivity index (χ3v) is 3.54. The van der Waals surface area contributed by atoms with Gasteiger partial charge in [-0.15, -0.1) is 0 Å². The highest BCUT2D eigenvalue weighted by Crippen LogP contribution is 2.17. The number of ether oxygens (including phenoxy) is 2. The van der Waals surface area contributed by atoms with Gasteiger partial charge in [0, 0.05) is 5.56 Å². The van der Waals surface area contributed by atoms with Gasteiger partial charge in [-0.3, -0.25) is 9.59 Å². The maximum absolute atomic E-state index is 12.1. The van der Waals surface area contributed by atoms with Crippen molar-refractivity contribution in [1.82, 2.24) is 0 Å². The Kier molecular flexibility index (Phi) is 5.89. The van der Waals surface area contributed by atoms with Gasteiger partial charge in [-0.05, 0) is 31.5 Å². The highest BCUT2D eigenvalue weighted by Gasteiger charge is 2.14. The summed E-state index contributed by atoms with van der Waals surface area (Å²) in [4.78, 5) is 35.2. The standard InChI is InChI=1S/C19H19NO5/c1-12-7-8-14(13(2)9-12)16(21)10-25-18(22)11-24-17-6-4-3-5-15(17)19(20)23/h3-9H,10-11H2,1-2H3,(H2,20,23). The van der Waals surface area contributed by atoms with Crippen molar-refractivity contribution < 1.29 is 23.9 Å². The smallest absolute Gasteiger partial charge is 0.344 e. The number of para-hydroxylation sites is 1. The van der Waals surface area contributed by atoms with Gasteiger partial charge in [-0.1, -0.05) is 35.9 Å². The topological polar surface area (TPSA) is 95.7 Å². The average Bonchev–Trinajstić information content (AvgIpc) is 2.58. The molecule has 0 fully saturated rings. The molecule has 0 saturated heterocycles. The molecule has 0 unspecified atom stereocenters. The van der Waals surface area contributed by atoms with E-state index < -0.39 is 18.5 Å². The summed E-state index contributed by atoms with van der Waals surface area (Å²) in [6.07, 6.45) is 0. The number of esters is 1. The summed E-state index contributed by atoms with van der Waals surface area (Å²) in [5.41, 5.74) is 7.78. The zero-order valence-corrected chi connectivity index (χ0v) is 14.1. The highest BCUT2D eigenvalue weighted by atomic mass is 16.6. The van der Waals surface area contributed by atoms with E-state index in [0.717, 1.165) is 11.1 Å². The summed E-state index contributed by atoms with van der Waals surface area (Å²) < 4.78 is 10.2. The van der Waals surface area contributed by atoms with E-state index in [9.17, 15) is 14.4 Å². The molecule has 0 atom stereocenters. The number of nitrogens with two attached hydrogens (primary N) is 1. The van der Waals surface area contributed by atoms with Crippen LogP contribution in [-0.4, -0.2) is 30.9 Å². The lowest BCUT2D eigenvalue weighted by Gasteiger charge is -2.10. The minimum atomic E-state index is -0.711. The second-order valence-corrected chi connectivity index (χ2v) is 5.55. The second-order valence-electron chi connectivity index (χ2n) is 5.55. The van der Waals surface area contributed by atoms with Crippen LogP contribution in [0.25, 0.3) is 0 Å². The zero-order valence-electron chi connectivity index (χ0n) is 14.1. The maximum atomic E-state index is 12.1. The first-order valence-corrected chi connectivity index (χ1v) is 7.66. The molecule has 2 rings (SSSR count). The molecule has 0 heterocycles. The maximum Gasteiger partial charge on any atom is 0.344 e. The van der Waals surface area contributed by atoms with E-state index >= 15 is 0 Å². The summed E-state index contributed by atoms with van der Waals surface area (Å²) in [6, 6.07) is 11.7. The molecule has 0 saturated carbocycles. The van der Waals surface area contributed by atoms with Crippen LogP contribution >= 0.6 is 0 Å². The fourth-order valence-electron chi connectivity index (χ4n) is 2.32. The van der Waals surface area contributed by atoms with E-state index in [1.54, 1.807) is 18.2 Å². The number of carbonyl (C=O) groups excluding carboxylic acids is 3. The van der Waals surface area contributed by atoms with Crippen LogP contribution in [0.1, 0.15) is 31.8 Å². The van der Waals surface area contributed by atoms with Crippen LogP contribution in [0, 0.1) is 13.8 Å². The van der Waals surface area contributed by atoms with E-state index in [1.165, 1.54) is 12.1 Å². The van der Waals surface area contributed by atoms with Crippen LogP contribution < -0.4 is 10.5 Å². The Morgan fingerprint density at radius 2 is 1.68 bits per heavy atom. The molecule has 25 heavy (non-hydrogen) atoms. The van der Waals surface area contributed by atoms with Crippen molar-refractivity contribution >= 4 is 17.7 Å². The van der Waals surface area contributed by atoms with Crippen molar-refractivity contribution in [2.45, 2.75) is 13.8 Å². The van der Waals surface area contributed by atoms with E-state index in [1.807, 2.05) is 26.0 Å². The molecule has 6 heteroatoms. The van der Waals surface area contributed by atoms with Crippen LogP contribution in [0.3, 0.4) is 0 Å². The monoisotopic (exact) mass is 341 g/mol. The van der Waals surface area contributed by atoms with E-state index in [0.29, 0.717) is 5.56 Å². The summed E-state index contributed by atoms with van der Waals surface area (Å²) in [5.74, 6) is -1.47. The molecule has 0 aliphatic carbocycles. The first kappa shape index (κ1) is 18.2. The zero-order chi connectivity index (χ0) is 18.4. The van der Waals surface area contributed by atoms with Gasteiger partial charge in [-0.25, -0.2) is 4.79 Å². The number of rotatable bonds is 7. The highest BCUT2D eigenvalue weighted by molar-refractivity contribution is 5.99. The first-order valence-electron chi connectivity index (χ1n) is 7.66. The number of carbonyl (C=O) groups is 3. The summed E-state index contributed by atoms with van der Waals surface area (Å²) >= 11 is 0. The number of benzene rings is 2. The molecule has 0 aromatic heterocycles. The van der Waals surface area contributed by atoms with Gasteiger partial charge in [0.25, 0.3) is 5.91 Å². The fraction of sp³-hybridized carbons (Fsp3) is 0.211. The molecular formula is C19H19NO5. The van der Waals surface area contributed by atoms with E-state index in [-0.39, 0.29) is 23.7 Å². The van der Waals surface area contributed by atoms with Crippen molar-refractivity contribution in [2.75, 3.05) is 13.2 Å². The molecule has 2 aromatic carbocycles. The van der Waals surface area contributed by atoms with Gasteiger partial charge in [0.15, 0.2) is 13.2 Å². The average molecular weight is 341 g/mol. The molecule has 0 bridgehead atoms. The lowest BCUT2D eigenvalue weighted by atomic mass is 10.0. The Bertz CT molecular complexity index is 813. The Morgan fingerprint density at radius 3 is 2.36 bits per heavy atom. The summed E-state index contributed by atoms with van der Waals surface area (Å²) in [6.45, 7) is 2.96. The number of amides is 1. The third-order valence-electron chi connectivity index (χ3n) is 3.54. The lowest BCUT2D eigenvalue weighted by molar-refractivity contribution is -0.144. The Labute approximate surface area is 145 Å². The number of primary amides is 1. The Morgan fingerprint density at radius 1 is 0.960 bits per heavy atom. The van der Waals surface area contributed by atoms with Gasteiger partial charge in [-0.2, -0.15) is 0 Å². The van der Waals surface area contributed by atoms with Gasteiger partial charge in [0.1, 0.15) is 5.75 Å². The largest absolute Gasteiger partial charge is 0.481 e. The van der Waals surface area contributed by atoms with Crippen molar-refractivity contribution in [1.29, 1.82) is 0 Å². The minimum absolute atomic E-state index is 0.168. The van der Waals surface area contributed by atoms with Gasteiger partial charge in [0.05, 0.1) is 5.56 Å². The third kappa shape index (κ3) is 4.91. The fourth-order valence-corrected chi connectivity index (χ4v) is 2.32. The van der Waals surface area contributed by atoms with Crippen LogP contribution in [0.4, 0.5) is 0 Å². The van der Waals surface area contributed by atoms with Crippen LogP contribution in [0.2, 0.25) is 0 Å². The molecule has 2 N–H and O–H groups in total. The number of ketones is 1. The van der Waals surface area contributed by atoms with Crippen molar-refractivity contribution in [3.8, 4) is 5.75 Å². The lowest BCUT2D eigenvalue weighted by Crippen LogP contribution is -2.21. The number of hydrogen-bond acceptors (Lipinski definition) is 5. The molecule has 1 amide bonds. The van der Waals surface area contributed by atoms with Crippen LogP contribution in [0.5, 0.6) is 5.75 Å². The molecule has 0 radical (unpaired) electrons. The predicted molar refractivity (Wildman–Crippen MR) is 91.7 cm³/mol. The molecule has 0 aliphatic rings. The number of Topliss-reactive ketones (excluding diaryl/α,β-unsaturated/α-hetero) is 1. The summed E-state index contributed by atoms with van der Waals surface area (Å²) in [7, 11) is 0. The minimum Gasteiger partial charge on any atom is -0.481 e. The predicted octanol–water partition coefficient (Wildman–Crippen LogP) is 2.21. The van der Waals surface area contributed by atoms with Crippen LogP contribution in [-0.2, 0) is 9.53 Å². The molecule has 0 aliphatic heterocycles. The quantitative estimate of drug-likeness (QED) is 0.615. The van der Waals surface area contributed by atoms with Crippen molar-refractivity contribution in [3.05, 3.63) is 64.7 Å². The number of aryl methyl sites for hydroxylation is 2. The normalized spacial score (nSPS) is 10.2. The van der Waals surface area contributed by atoms with Crippen molar-refractivity contribution in [3.63, 3.8) is 0 Å².